The van der Waals surface area contributed by atoms with Crippen molar-refractivity contribution in [1.82, 2.24) is 4.98 Å². The van der Waals surface area contributed by atoms with Gasteiger partial charge in [-0.15, -0.1) is 0 Å². The van der Waals surface area contributed by atoms with Crippen LogP contribution < -0.4 is 15.4 Å². The van der Waals surface area contributed by atoms with Gasteiger partial charge in [0.25, 0.3) is 0 Å². The van der Waals surface area contributed by atoms with Crippen LogP contribution in [0.1, 0.15) is 11.1 Å². The van der Waals surface area contributed by atoms with Crippen molar-refractivity contribution in [2.24, 2.45) is 5.92 Å². The van der Waals surface area contributed by atoms with Gasteiger partial charge in [0.2, 0.25) is 11.8 Å². The van der Waals surface area contributed by atoms with Gasteiger partial charge >= 0.3 is 5.97 Å². The Balaban J connectivity index is 1.39. The molecule has 34 heavy (non-hydrogen) atoms. The van der Waals surface area contributed by atoms with Crippen molar-refractivity contribution in [2.45, 2.75) is 19.1 Å². The number of fused-ring (bicyclic) bond motifs is 1. The van der Waals surface area contributed by atoms with Crippen molar-refractivity contribution in [3.63, 3.8) is 0 Å². The summed E-state index contributed by atoms with van der Waals surface area (Å²) in [6, 6.07) is 19.1. The second kappa shape index (κ2) is 8.90. The molecule has 0 bridgehead atoms. The molecule has 8 heteroatoms. The van der Waals surface area contributed by atoms with Gasteiger partial charge in [0.05, 0.1) is 13.0 Å². The van der Waals surface area contributed by atoms with E-state index in [0.717, 1.165) is 16.5 Å². The van der Waals surface area contributed by atoms with Crippen LogP contribution in [0.3, 0.4) is 0 Å². The number of esters is 1. The fourth-order valence-corrected chi connectivity index (χ4v) is 4.19. The number of furan rings is 1. The van der Waals surface area contributed by atoms with Gasteiger partial charge in [-0.3, -0.25) is 9.69 Å². The second-order valence-electron chi connectivity index (χ2n) is 8.13. The molecule has 172 valence electrons. The third kappa shape index (κ3) is 4.05. The van der Waals surface area contributed by atoms with E-state index < -0.39 is 17.9 Å². The molecule has 2 aromatic heterocycles. The molecule has 1 fully saturated rings. The van der Waals surface area contributed by atoms with Gasteiger partial charge in [0.1, 0.15) is 29.8 Å². The van der Waals surface area contributed by atoms with Crippen LogP contribution in [-0.4, -0.2) is 30.0 Å². The first-order valence-electron chi connectivity index (χ1n) is 10.8. The van der Waals surface area contributed by atoms with E-state index in [0.29, 0.717) is 29.5 Å². The Morgan fingerprint density at radius 2 is 1.88 bits per heavy atom. The lowest BCUT2D eigenvalue weighted by atomic mass is 9.82. The normalized spacial score (nSPS) is 17.4. The molecular formula is C26H23N3O5. The molecule has 1 aliphatic heterocycles. The zero-order chi connectivity index (χ0) is 23.7. The maximum atomic E-state index is 13.2. The molecule has 0 spiro atoms. The van der Waals surface area contributed by atoms with Crippen molar-refractivity contribution in [3.8, 4) is 5.75 Å². The number of anilines is 2. The first kappa shape index (κ1) is 21.5. The third-order valence-corrected chi connectivity index (χ3v) is 5.95. The number of hydrogen-bond acceptors (Lipinski definition) is 7. The highest BCUT2D eigenvalue weighted by Crippen LogP contribution is 2.38. The zero-order valence-corrected chi connectivity index (χ0v) is 18.5. The van der Waals surface area contributed by atoms with E-state index in [9.17, 15) is 9.59 Å². The molecule has 0 unspecified atom stereocenters. The van der Waals surface area contributed by atoms with E-state index in [-0.39, 0.29) is 12.5 Å². The largest absolute Gasteiger partial charge is 0.497 e. The van der Waals surface area contributed by atoms with Crippen LogP contribution in [0.5, 0.6) is 5.75 Å². The average molecular weight is 457 g/mol. The van der Waals surface area contributed by atoms with E-state index in [4.69, 9.17) is 19.6 Å². The van der Waals surface area contributed by atoms with E-state index in [1.54, 1.807) is 43.6 Å². The summed E-state index contributed by atoms with van der Waals surface area (Å²) in [6.45, 7) is 0.0798. The average Bonchev–Trinajstić information content (AvgIpc) is 3.27. The third-order valence-electron chi connectivity index (χ3n) is 5.95. The molecular weight excluding hydrogens is 434 g/mol. The predicted molar refractivity (Wildman–Crippen MR) is 126 cm³/mol. The van der Waals surface area contributed by atoms with Gasteiger partial charge < -0.3 is 19.6 Å². The number of benzene rings is 2. The molecule has 1 aliphatic rings. The van der Waals surface area contributed by atoms with Crippen molar-refractivity contribution in [3.05, 3.63) is 84.1 Å². The number of para-hydroxylation sites is 1. The van der Waals surface area contributed by atoms with Crippen molar-refractivity contribution in [2.75, 3.05) is 17.7 Å². The zero-order valence-electron chi connectivity index (χ0n) is 18.5. The van der Waals surface area contributed by atoms with Gasteiger partial charge in [-0.05, 0) is 47.9 Å². The van der Waals surface area contributed by atoms with Gasteiger partial charge in [-0.25, -0.2) is 9.78 Å². The molecule has 1 saturated heterocycles. The summed E-state index contributed by atoms with van der Waals surface area (Å²) in [5.74, 6) is 0.0923. The highest BCUT2D eigenvalue weighted by molar-refractivity contribution is 6.10. The van der Waals surface area contributed by atoms with Crippen LogP contribution in [0, 0.1) is 5.92 Å². The van der Waals surface area contributed by atoms with Gasteiger partial charge in [-0.1, -0.05) is 30.3 Å². The maximum Gasteiger partial charge on any atom is 0.330 e. The molecule has 0 radical (unpaired) electrons. The first-order valence-corrected chi connectivity index (χ1v) is 10.8. The van der Waals surface area contributed by atoms with E-state index in [1.165, 1.54) is 4.90 Å². The lowest BCUT2D eigenvalue weighted by Gasteiger charge is -2.43. The van der Waals surface area contributed by atoms with E-state index in [1.807, 2.05) is 36.4 Å². The summed E-state index contributed by atoms with van der Waals surface area (Å²) in [7, 11) is 1.59. The number of rotatable bonds is 7. The van der Waals surface area contributed by atoms with Crippen LogP contribution >= 0.6 is 0 Å². The first-order chi connectivity index (χ1) is 16.5. The summed E-state index contributed by atoms with van der Waals surface area (Å²) in [4.78, 5) is 31.8. The fourth-order valence-electron chi connectivity index (χ4n) is 4.19. The Morgan fingerprint density at radius 3 is 2.62 bits per heavy atom. The molecule has 3 heterocycles. The standard InChI is InChI=1S/C26H23N3O5/c1-32-19-8-6-16(7-9-19)15-33-26(31)24-20(12-17-10-11-28-22(27)13-17)25(30)29(24)23-14-18-4-2-3-5-21(18)34-23/h2-11,13-14,20,24H,12,15H2,1H3,(H2,27,28)/t20-,24+/m1/s1. The highest BCUT2D eigenvalue weighted by Gasteiger charge is 2.54. The number of carbonyl (C=O) groups excluding carboxylic acids is 2. The SMILES string of the molecule is COc1ccc(COC(=O)[C@@H]2[C@@H](Cc3ccnc(N)c3)C(=O)N2c2cc3ccccc3o2)cc1. The summed E-state index contributed by atoms with van der Waals surface area (Å²) in [5.41, 5.74) is 8.07. The number of nitrogens with two attached hydrogens (primary N) is 1. The number of nitrogen functional groups attached to an aromatic ring is 1. The topological polar surface area (TPSA) is 108 Å². The summed E-state index contributed by atoms with van der Waals surface area (Å²) >= 11 is 0. The number of ether oxygens (including phenoxy) is 2. The van der Waals surface area contributed by atoms with Crippen LogP contribution in [0.2, 0.25) is 0 Å². The number of nitrogens with zero attached hydrogens (tertiary/aromatic N) is 2. The quantitative estimate of drug-likeness (QED) is 0.333. The number of β-lactam (4-membered cyclic amide) rings is 1. The van der Waals surface area contributed by atoms with Crippen LogP contribution in [0.25, 0.3) is 11.0 Å². The molecule has 8 nitrogen and oxygen atoms in total. The van der Waals surface area contributed by atoms with Crippen molar-refractivity contribution in [1.29, 1.82) is 0 Å². The number of amides is 1. The van der Waals surface area contributed by atoms with Gasteiger partial charge in [-0.2, -0.15) is 0 Å². The second-order valence-corrected chi connectivity index (χ2v) is 8.13. The maximum absolute atomic E-state index is 13.2. The van der Waals surface area contributed by atoms with Gasteiger partial charge in [0, 0.05) is 17.6 Å². The monoisotopic (exact) mass is 457 g/mol. The minimum atomic E-state index is -0.819. The van der Waals surface area contributed by atoms with E-state index >= 15 is 0 Å². The predicted octanol–water partition coefficient (Wildman–Crippen LogP) is 3.74. The minimum absolute atomic E-state index is 0.0798. The lowest BCUT2D eigenvalue weighted by Crippen LogP contribution is -2.65. The Bertz CT molecular complexity index is 1320. The minimum Gasteiger partial charge on any atom is -0.497 e. The van der Waals surface area contributed by atoms with E-state index in [2.05, 4.69) is 4.98 Å². The number of carbonyl (C=O) groups is 2. The Hall–Kier alpha value is -4.33. The molecule has 2 aromatic carbocycles. The Morgan fingerprint density at radius 1 is 1.09 bits per heavy atom. The number of hydrogen-bond donors (Lipinski definition) is 1. The van der Waals surface area contributed by atoms with Crippen LogP contribution in [0.4, 0.5) is 11.7 Å². The summed E-state index contributed by atoms with van der Waals surface area (Å²) in [6.07, 6.45) is 1.92. The van der Waals surface area contributed by atoms with Crippen LogP contribution in [0.15, 0.2) is 77.3 Å². The molecule has 2 N–H and O–H groups in total. The molecule has 5 rings (SSSR count). The highest BCUT2D eigenvalue weighted by atomic mass is 16.5. The summed E-state index contributed by atoms with van der Waals surface area (Å²) < 4.78 is 16.7. The smallest absolute Gasteiger partial charge is 0.330 e. The fraction of sp³-hybridized carbons (Fsp3) is 0.192. The van der Waals surface area contributed by atoms with Crippen molar-refractivity contribution < 1.29 is 23.5 Å². The number of pyridine rings is 1. The Labute approximate surface area is 195 Å². The number of aromatic nitrogens is 1. The van der Waals surface area contributed by atoms with Gasteiger partial charge in [0.15, 0.2) is 0 Å². The Kier molecular flexibility index (Phi) is 5.63. The van der Waals surface area contributed by atoms with Crippen molar-refractivity contribution >= 4 is 34.5 Å². The lowest BCUT2D eigenvalue weighted by molar-refractivity contribution is -0.155. The summed E-state index contributed by atoms with van der Waals surface area (Å²) in [5, 5.41) is 0.848. The van der Waals surface area contributed by atoms with Crippen LogP contribution in [-0.2, 0) is 27.4 Å². The molecule has 2 atom stereocenters. The molecule has 0 aliphatic carbocycles. The molecule has 1 amide bonds. The number of methoxy groups -OCH3 is 1. The molecule has 4 aromatic rings. The molecule has 0 saturated carbocycles.